The average Bonchev–Trinajstić information content (AvgIpc) is 3.47. The fourth-order valence-corrected chi connectivity index (χ4v) is 8.73. The summed E-state index contributed by atoms with van der Waals surface area (Å²) in [6.07, 6.45) is 10.6. The summed E-state index contributed by atoms with van der Waals surface area (Å²) in [4.78, 5) is 44.5. The third-order valence-corrected chi connectivity index (χ3v) is 9.78. The van der Waals surface area contributed by atoms with Gasteiger partial charge in [0.2, 0.25) is 11.8 Å². The number of likely N-dealkylation sites (tertiary alicyclic amines) is 1. The Morgan fingerprint density at radius 1 is 1.21 bits per heavy atom. The van der Waals surface area contributed by atoms with Crippen LogP contribution in [0, 0.1) is 11.8 Å². The number of amides is 2. The van der Waals surface area contributed by atoms with Crippen molar-refractivity contribution < 1.29 is 24.2 Å². The van der Waals surface area contributed by atoms with E-state index in [4.69, 9.17) is 4.74 Å². The van der Waals surface area contributed by atoms with Gasteiger partial charge in [0.25, 0.3) is 0 Å². The highest BCUT2D eigenvalue weighted by Gasteiger charge is 2.74. The highest BCUT2D eigenvalue weighted by atomic mass is 32.2. The molecule has 5 atom stereocenters. The summed E-state index contributed by atoms with van der Waals surface area (Å²) in [6.45, 7) is 8.33. The zero-order valence-corrected chi connectivity index (χ0v) is 20.1. The monoisotopic (exact) mass is 476 g/mol. The van der Waals surface area contributed by atoms with E-state index in [1.54, 1.807) is 22.7 Å². The van der Waals surface area contributed by atoms with Crippen LogP contribution in [-0.2, 0) is 19.1 Å². The number of rotatable bonds is 10. The van der Waals surface area contributed by atoms with Gasteiger partial charge < -0.3 is 19.6 Å². The van der Waals surface area contributed by atoms with Crippen LogP contribution in [0.3, 0.4) is 0 Å². The summed E-state index contributed by atoms with van der Waals surface area (Å²) in [7, 11) is 0. The molecule has 4 fully saturated rings. The second-order valence-corrected chi connectivity index (χ2v) is 11.3. The van der Waals surface area contributed by atoms with Crippen molar-refractivity contribution in [1.82, 2.24) is 9.80 Å². The first-order valence-electron chi connectivity index (χ1n) is 12.3. The second-order valence-electron chi connectivity index (χ2n) is 9.65. The van der Waals surface area contributed by atoms with Crippen molar-refractivity contribution in [2.45, 2.75) is 73.4 Å². The molecule has 1 N–H and O–H groups in total. The minimum Gasteiger partial charge on any atom is -0.461 e. The van der Waals surface area contributed by atoms with Gasteiger partial charge in [-0.3, -0.25) is 14.4 Å². The van der Waals surface area contributed by atoms with Gasteiger partial charge >= 0.3 is 5.97 Å². The predicted molar refractivity (Wildman–Crippen MR) is 127 cm³/mol. The van der Waals surface area contributed by atoms with Crippen LogP contribution in [-0.4, -0.2) is 81.1 Å². The largest absolute Gasteiger partial charge is 0.461 e. The molecule has 1 aliphatic carbocycles. The molecule has 33 heavy (non-hydrogen) atoms. The van der Waals surface area contributed by atoms with Gasteiger partial charge in [0, 0.05) is 31.0 Å². The van der Waals surface area contributed by atoms with Crippen molar-refractivity contribution in [1.29, 1.82) is 0 Å². The van der Waals surface area contributed by atoms with Gasteiger partial charge in [-0.05, 0) is 32.1 Å². The van der Waals surface area contributed by atoms with Crippen LogP contribution in [0.4, 0.5) is 0 Å². The Bertz CT molecular complexity index is 798. The zero-order chi connectivity index (χ0) is 23.6. The van der Waals surface area contributed by atoms with E-state index in [1.165, 1.54) is 12.5 Å². The molecule has 0 aromatic carbocycles. The standard InChI is InChI=1S/C25H36N2O5S/c1-3-13-26(17-9-6-5-7-10-17)23(30)21-25-12-11-18(33-25)19(24(31)32-16-4-2)20(25)22(29)27(21)14-8-15-28/h3-4,17-21,28H,1-2,5-16H2/t18-,19+,20+,21?,25?/m1/s1. The number of aliphatic hydroxyl groups is 1. The van der Waals surface area contributed by atoms with Crippen molar-refractivity contribution in [3.8, 4) is 0 Å². The summed E-state index contributed by atoms with van der Waals surface area (Å²) in [5.41, 5.74) is 0. The summed E-state index contributed by atoms with van der Waals surface area (Å²) in [5.74, 6) is -1.61. The Hall–Kier alpha value is -1.80. The molecular formula is C25H36N2O5S. The SMILES string of the molecule is C=CCOC(=O)[C@@H]1[C@H]2C(=O)N(CCCO)C(C(=O)N(CC=C)C3CCCCC3)C23CC[C@H]1S3. The van der Waals surface area contributed by atoms with Crippen molar-refractivity contribution in [2.75, 3.05) is 26.3 Å². The fourth-order valence-electron chi connectivity index (χ4n) is 6.53. The minimum atomic E-state index is -0.615. The van der Waals surface area contributed by atoms with Crippen LogP contribution < -0.4 is 0 Å². The number of carbonyl (C=O) groups excluding carboxylic acids is 3. The molecular weight excluding hydrogens is 440 g/mol. The van der Waals surface area contributed by atoms with E-state index in [0.717, 1.165) is 38.5 Å². The van der Waals surface area contributed by atoms with E-state index in [2.05, 4.69) is 13.2 Å². The Morgan fingerprint density at radius 2 is 1.97 bits per heavy atom. The molecule has 3 heterocycles. The van der Waals surface area contributed by atoms with Crippen LogP contribution in [0.2, 0.25) is 0 Å². The molecule has 2 amide bonds. The summed E-state index contributed by atoms with van der Waals surface area (Å²) >= 11 is 1.65. The van der Waals surface area contributed by atoms with Gasteiger partial charge in [0.1, 0.15) is 12.6 Å². The highest BCUT2D eigenvalue weighted by molar-refractivity contribution is 8.02. The Balaban J connectivity index is 1.68. The molecule has 0 aromatic rings. The molecule has 2 bridgehead atoms. The van der Waals surface area contributed by atoms with Gasteiger partial charge in [-0.2, -0.15) is 0 Å². The number of aliphatic hydroxyl groups excluding tert-OH is 1. The first-order chi connectivity index (χ1) is 16.0. The lowest BCUT2D eigenvalue weighted by Crippen LogP contribution is -2.57. The quantitative estimate of drug-likeness (QED) is 0.385. The molecule has 0 radical (unpaired) electrons. The summed E-state index contributed by atoms with van der Waals surface area (Å²) in [6, 6.07) is -0.456. The second kappa shape index (κ2) is 10.2. The van der Waals surface area contributed by atoms with Crippen LogP contribution in [0.15, 0.2) is 25.3 Å². The highest BCUT2D eigenvalue weighted by Crippen LogP contribution is 2.66. The van der Waals surface area contributed by atoms with Crippen molar-refractivity contribution in [3.05, 3.63) is 25.3 Å². The Labute approximate surface area is 200 Å². The normalized spacial score (nSPS) is 33.1. The maximum atomic E-state index is 14.2. The number of nitrogens with zero attached hydrogens (tertiary/aromatic N) is 2. The van der Waals surface area contributed by atoms with Crippen molar-refractivity contribution in [3.63, 3.8) is 0 Å². The lowest BCUT2D eigenvalue weighted by molar-refractivity contribution is -0.153. The predicted octanol–water partition coefficient (Wildman–Crippen LogP) is 2.54. The molecule has 4 aliphatic rings. The topological polar surface area (TPSA) is 87.1 Å². The van der Waals surface area contributed by atoms with Crippen molar-refractivity contribution in [2.24, 2.45) is 11.8 Å². The van der Waals surface area contributed by atoms with E-state index < -0.39 is 22.6 Å². The molecule has 3 aliphatic heterocycles. The molecule has 8 heteroatoms. The minimum absolute atomic E-state index is 0.00547. The van der Waals surface area contributed by atoms with Crippen LogP contribution >= 0.6 is 11.8 Å². The van der Waals surface area contributed by atoms with E-state index in [0.29, 0.717) is 19.5 Å². The lowest BCUT2D eigenvalue weighted by atomic mass is 9.71. The molecule has 7 nitrogen and oxygen atoms in total. The number of ether oxygens (including phenoxy) is 1. The van der Waals surface area contributed by atoms with E-state index in [9.17, 15) is 19.5 Å². The third kappa shape index (κ3) is 4.14. The van der Waals surface area contributed by atoms with Crippen LogP contribution in [0.1, 0.15) is 51.4 Å². The number of hydrogen-bond acceptors (Lipinski definition) is 6. The van der Waals surface area contributed by atoms with Gasteiger partial charge in [-0.1, -0.05) is 38.0 Å². The van der Waals surface area contributed by atoms with Gasteiger partial charge in [-0.15, -0.1) is 18.3 Å². The van der Waals surface area contributed by atoms with E-state index >= 15 is 0 Å². The van der Waals surface area contributed by atoms with Gasteiger partial charge in [-0.25, -0.2) is 0 Å². The van der Waals surface area contributed by atoms with Gasteiger partial charge in [0.05, 0.1) is 16.6 Å². The maximum Gasteiger partial charge on any atom is 0.311 e. The first-order valence-corrected chi connectivity index (χ1v) is 13.2. The van der Waals surface area contributed by atoms with E-state index in [1.807, 2.05) is 4.90 Å². The number of esters is 1. The smallest absolute Gasteiger partial charge is 0.311 e. The molecule has 1 spiro atoms. The van der Waals surface area contributed by atoms with E-state index in [-0.39, 0.29) is 42.3 Å². The number of hydrogen-bond donors (Lipinski definition) is 1. The lowest BCUT2D eigenvalue weighted by Gasteiger charge is -2.41. The van der Waals surface area contributed by atoms with Crippen LogP contribution in [0.25, 0.3) is 0 Å². The third-order valence-electron chi connectivity index (χ3n) is 7.83. The average molecular weight is 477 g/mol. The number of thioether (sulfide) groups is 1. The Kier molecular flexibility index (Phi) is 7.53. The molecule has 4 rings (SSSR count). The molecule has 2 unspecified atom stereocenters. The summed E-state index contributed by atoms with van der Waals surface area (Å²) < 4.78 is 4.77. The van der Waals surface area contributed by atoms with Gasteiger partial charge in [0.15, 0.2) is 0 Å². The molecule has 3 saturated heterocycles. The fraction of sp³-hybridized carbons (Fsp3) is 0.720. The Morgan fingerprint density at radius 3 is 2.64 bits per heavy atom. The molecule has 0 aromatic heterocycles. The van der Waals surface area contributed by atoms with Crippen molar-refractivity contribution >= 4 is 29.5 Å². The molecule has 182 valence electrons. The first kappa shape index (κ1) is 24.3. The summed E-state index contributed by atoms with van der Waals surface area (Å²) in [5, 5.41) is 9.46. The van der Waals surface area contributed by atoms with Crippen LogP contribution in [0.5, 0.6) is 0 Å². The number of fused-ring (bicyclic) bond motifs is 1. The molecule has 1 saturated carbocycles. The zero-order valence-electron chi connectivity index (χ0n) is 19.3. The maximum absolute atomic E-state index is 14.2. The number of carbonyl (C=O) groups is 3.